The minimum atomic E-state index is -0.263. The van der Waals surface area contributed by atoms with Crippen molar-refractivity contribution in [3.8, 4) is 5.75 Å². The van der Waals surface area contributed by atoms with E-state index in [-0.39, 0.29) is 11.8 Å². The van der Waals surface area contributed by atoms with Gasteiger partial charge in [0.25, 0.3) is 11.8 Å². The van der Waals surface area contributed by atoms with Crippen LogP contribution in [-0.2, 0) is 6.54 Å². The van der Waals surface area contributed by atoms with Crippen molar-refractivity contribution in [1.82, 2.24) is 9.78 Å². The summed E-state index contributed by atoms with van der Waals surface area (Å²) < 4.78 is 6.90. The first-order valence-electron chi connectivity index (χ1n) is 11.0. The number of carbonyl (C=O) groups is 2. The largest absolute Gasteiger partial charge is 0.497 e. The van der Waals surface area contributed by atoms with E-state index in [0.29, 0.717) is 45.5 Å². The number of anilines is 2. The molecule has 0 unspecified atom stereocenters. The fraction of sp³-hybridized carbons (Fsp3) is 0.148. The average Bonchev–Trinajstić information content (AvgIpc) is 3.14. The summed E-state index contributed by atoms with van der Waals surface area (Å²) in [5.74, 6) is 0.199. The maximum Gasteiger partial charge on any atom is 0.259 e. The summed E-state index contributed by atoms with van der Waals surface area (Å²) in [6.45, 7) is 4.13. The second-order valence-corrected chi connectivity index (χ2v) is 8.42. The monoisotopic (exact) mass is 488 g/mol. The second-order valence-electron chi connectivity index (χ2n) is 8.01. The summed E-state index contributed by atoms with van der Waals surface area (Å²) >= 11 is 6.28. The Morgan fingerprint density at radius 2 is 1.49 bits per heavy atom. The van der Waals surface area contributed by atoms with E-state index < -0.39 is 0 Å². The highest BCUT2D eigenvalue weighted by Crippen LogP contribution is 2.21. The maximum absolute atomic E-state index is 13.0. The number of aryl methyl sites for hydroxylation is 1. The molecule has 0 saturated carbocycles. The zero-order valence-corrected chi connectivity index (χ0v) is 20.4. The molecule has 0 atom stereocenters. The predicted molar refractivity (Wildman–Crippen MR) is 138 cm³/mol. The molecule has 7 nitrogen and oxygen atoms in total. The minimum absolute atomic E-state index is 0.249. The SMILES string of the molecule is COc1ccc(NC(=O)c2ccc(NC(=O)c3c(C)nn(Cc4ccccc4Cl)c3C)cc2)cc1. The van der Waals surface area contributed by atoms with E-state index in [1.165, 1.54) is 0 Å². The van der Waals surface area contributed by atoms with Crippen LogP contribution in [-0.4, -0.2) is 28.7 Å². The van der Waals surface area contributed by atoms with Crippen molar-refractivity contribution in [3.63, 3.8) is 0 Å². The van der Waals surface area contributed by atoms with E-state index >= 15 is 0 Å². The lowest BCUT2D eigenvalue weighted by Gasteiger charge is -2.09. The molecule has 2 amide bonds. The van der Waals surface area contributed by atoms with E-state index in [4.69, 9.17) is 16.3 Å². The van der Waals surface area contributed by atoms with Gasteiger partial charge in [-0.1, -0.05) is 29.8 Å². The summed E-state index contributed by atoms with van der Waals surface area (Å²) in [7, 11) is 1.59. The van der Waals surface area contributed by atoms with Crippen LogP contribution < -0.4 is 15.4 Å². The molecular formula is C27H25ClN4O3. The van der Waals surface area contributed by atoms with Crippen molar-refractivity contribution in [1.29, 1.82) is 0 Å². The highest BCUT2D eigenvalue weighted by Gasteiger charge is 2.19. The lowest BCUT2D eigenvalue weighted by atomic mass is 10.1. The molecule has 0 aliphatic heterocycles. The zero-order chi connectivity index (χ0) is 24.9. The van der Waals surface area contributed by atoms with E-state index in [9.17, 15) is 9.59 Å². The third-order valence-corrected chi connectivity index (χ3v) is 6.01. The Bertz CT molecular complexity index is 1360. The Morgan fingerprint density at radius 3 is 2.11 bits per heavy atom. The van der Waals surface area contributed by atoms with Gasteiger partial charge in [-0.25, -0.2) is 0 Å². The highest BCUT2D eigenvalue weighted by atomic mass is 35.5. The molecule has 3 aromatic carbocycles. The van der Waals surface area contributed by atoms with E-state index in [1.807, 2.05) is 31.2 Å². The number of benzene rings is 3. The number of amides is 2. The van der Waals surface area contributed by atoms with Crippen molar-refractivity contribution >= 4 is 34.8 Å². The van der Waals surface area contributed by atoms with Gasteiger partial charge in [0.1, 0.15) is 5.75 Å². The molecule has 0 bridgehead atoms. The van der Waals surface area contributed by atoms with Gasteiger partial charge in [-0.05, 0) is 74.0 Å². The van der Waals surface area contributed by atoms with Crippen molar-refractivity contribution in [2.45, 2.75) is 20.4 Å². The van der Waals surface area contributed by atoms with Crippen LogP contribution in [0.25, 0.3) is 0 Å². The quantitative estimate of drug-likeness (QED) is 0.348. The standard InChI is InChI=1S/C27H25ClN4O3/c1-17-25(18(2)32(31-17)16-20-6-4-5-7-24(20)28)27(34)30-21-10-8-19(9-11-21)26(33)29-22-12-14-23(35-3)15-13-22/h4-15H,16H2,1-3H3,(H,29,33)(H,30,34). The molecule has 178 valence electrons. The van der Waals surface area contributed by atoms with Gasteiger partial charge in [0.2, 0.25) is 0 Å². The Kier molecular flexibility index (Phi) is 7.17. The van der Waals surface area contributed by atoms with Crippen LogP contribution in [0.3, 0.4) is 0 Å². The number of hydrogen-bond acceptors (Lipinski definition) is 4. The number of hydrogen-bond donors (Lipinski definition) is 2. The number of halogens is 1. The summed E-state index contributed by atoms with van der Waals surface area (Å²) in [4.78, 5) is 25.6. The molecule has 1 aromatic heterocycles. The second kappa shape index (κ2) is 10.4. The Hall–Kier alpha value is -4.10. The average molecular weight is 489 g/mol. The zero-order valence-electron chi connectivity index (χ0n) is 19.6. The summed E-state index contributed by atoms with van der Waals surface area (Å²) in [5.41, 5.74) is 4.52. The summed E-state index contributed by atoms with van der Waals surface area (Å²) in [6, 6.07) is 21.3. The molecule has 35 heavy (non-hydrogen) atoms. The normalized spacial score (nSPS) is 10.6. The first-order valence-corrected chi connectivity index (χ1v) is 11.4. The van der Waals surface area contributed by atoms with Gasteiger partial charge >= 0.3 is 0 Å². The lowest BCUT2D eigenvalue weighted by Crippen LogP contribution is -2.15. The first kappa shape index (κ1) is 24.0. The third-order valence-electron chi connectivity index (χ3n) is 5.64. The third kappa shape index (κ3) is 5.53. The van der Waals surface area contributed by atoms with Crippen molar-refractivity contribution < 1.29 is 14.3 Å². The van der Waals surface area contributed by atoms with E-state index in [1.54, 1.807) is 67.2 Å². The van der Waals surface area contributed by atoms with E-state index in [2.05, 4.69) is 15.7 Å². The lowest BCUT2D eigenvalue weighted by molar-refractivity contribution is 0.101. The highest BCUT2D eigenvalue weighted by molar-refractivity contribution is 6.31. The molecule has 0 aliphatic carbocycles. The van der Waals surface area contributed by atoms with Gasteiger partial charge in [0.05, 0.1) is 24.9 Å². The molecule has 0 aliphatic rings. The van der Waals surface area contributed by atoms with E-state index in [0.717, 1.165) is 11.3 Å². The number of nitrogens with one attached hydrogen (secondary N) is 2. The van der Waals surface area contributed by atoms with Crippen molar-refractivity contribution in [2.24, 2.45) is 0 Å². The van der Waals surface area contributed by atoms with Crippen LogP contribution in [0.5, 0.6) is 5.75 Å². The van der Waals surface area contributed by atoms with Gasteiger partial charge in [-0.2, -0.15) is 5.10 Å². The predicted octanol–water partition coefficient (Wildman–Crippen LogP) is 5.71. The summed E-state index contributed by atoms with van der Waals surface area (Å²) in [6.07, 6.45) is 0. The molecular weight excluding hydrogens is 464 g/mol. The molecule has 4 aromatic rings. The first-order chi connectivity index (χ1) is 16.9. The van der Waals surface area contributed by atoms with Crippen molar-refractivity contribution in [3.05, 3.63) is 106 Å². The molecule has 2 N–H and O–H groups in total. The fourth-order valence-electron chi connectivity index (χ4n) is 3.74. The Morgan fingerprint density at radius 1 is 0.886 bits per heavy atom. The number of nitrogens with zero attached hydrogens (tertiary/aromatic N) is 2. The number of rotatable bonds is 7. The number of carbonyl (C=O) groups excluding carboxylic acids is 2. The van der Waals surface area contributed by atoms with Gasteiger partial charge < -0.3 is 15.4 Å². The molecule has 8 heteroatoms. The molecule has 0 spiro atoms. The van der Waals surface area contributed by atoms with Crippen LogP contribution in [0.2, 0.25) is 5.02 Å². The fourth-order valence-corrected chi connectivity index (χ4v) is 3.94. The number of aromatic nitrogens is 2. The van der Waals surface area contributed by atoms with Crippen LogP contribution in [0.1, 0.15) is 37.7 Å². The minimum Gasteiger partial charge on any atom is -0.497 e. The van der Waals surface area contributed by atoms with Crippen LogP contribution in [0.15, 0.2) is 72.8 Å². The number of methoxy groups -OCH3 is 1. The molecule has 0 radical (unpaired) electrons. The van der Waals surface area contributed by atoms with Crippen LogP contribution >= 0.6 is 11.6 Å². The summed E-state index contributed by atoms with van der Waals surface area (Å²) in [5, 5.41) is 10.9. The topological polar surface area (TPSA) is 85.2 Å². The Labute approximate surface area is 208 Å². The smallest absolute Gasteiger partial charge is 0.259 e. The van der Waals surface area contributed by atoms with Gasteiger partial charge in [0.15, 0.2) is 0 Å². The van der Waals surface area contributed by atoms with Crippen molar-refractivity contribution in [2.75, 3.05) is 17.7 Å². The van der Waals surface area contributed by atoms with Crippen LogP contribution in [0, 0.1) is 13.8 Å². The Balaban J connectivity index is 1.43. The molecule has 0 saturated heterocycles. The molecule has 1 heterocycles. The van der Waals surface area contributed by atoms with Gasteiger partial charge in [-0.15, -0.1) is 0 Å². The van der Waals surface area contributed by atoms with Gasteiger partial charge in [-0.3, -0.25) is 14.3 Å². The maximum atomic E-state index is 13.0. The number of ether oxygens (including phenoxy) is 1. The molecule has 0 fully saturated rings. The molecule has 4 rings (SSSR count). The van der Waals surface area contributed by atoms with Crippen LogP contribution in [0.4, 0.5) is 11.4 Å². The van der Waals surface area contributed by atoms with Gasteiger partial charge in [0, 0.05) is 27.7 Å².